The Morgan fingerprint density at radius 1 is 1.38 bits per heavy atom. The summed E-state index contributed by atoms with van der Waals surface area (Å²) in [4.78, 5) is 13.5. The zero-order valence-corrected chi connectivity index (χ0v) is 14.8. The molecule has 2 aliphatic heterocycles. The maximum atomic E-state index is 12.1. The zero-order chi connectivity index (χ0) is 14.9. The van der Waals surface area contributed by atoms with Crippen molar-refractivity contribution in [2.24, 2.45) is 0 Å². The first-order valence-corrected chi connectivity index (χ1v) is 7.14. The summed E-state index contributed by atoms with van der Waals surface area (Å²) in [6.45, 7) is 0.673. The van der Waals surface area contributed by atoms with Gasteiger partial charge in [0.1, 0.15) is 6.04 Å². The molecule has 2 aliphatic rings. The summed E-state index contributed by atoms with van der Waals surface area (Å²) in [6, 6.07) is -1.69. The molecule has 0 unspecified atom stereocenters. The van der Waals surface area contributed by atoms with E-state index in [-0.39, 0.29) is 55.4 Å². The Kier molecular flexibility index (Phi) is 6.62. The van der Waals surface area contributed by atoms with Crippen molar-refractivity contribution in [2.45, 2.75) is 12.1 Å². The van der Waals surface area contributed by atoms with Crippen LogP contribution in [0.25, 0.3) is 0 Å². The minimum atomic E-state index is -5.02. The summed E-state index contributed by atoms with van der Waals surface area (Å²) in [6.07, 6.45) is 1.76. The standard InChI is InChI=1S/C10H16N2O7S.Na/c1-17-5-7-3-8(6-18-2)11-4-9(7)12(10(11)13)19-20(14,15)16;/h3,8-9H,4-6H2,1-2H3,(H,14,15,16);/q;+1/p-1/t8-,9+;/m0./s1. The number of hydrogen-bond donors (Lipinski definition) is 0. The minimum Gasteiger partial charge on any atom is -0.724 e. The van der Waals surface area contributed by atoms with Gasteiger partial charge in [-0.2, -0.15) is 9.35 Å². The number of methoxy groups -OCH3 is 2. The third-order valence-corrected chi connectivity index (χ3v) is 3.48. The third-order valence-electron chi connectivity index (χ3n) is 3.14. The van der Waals surface area contributed by atoms with E-state index < -0.39 is 22.5 Å². The molecule has 21 heavy (non-hydrogen) atoms. The molecule has 2 bridgehead atoms. The second kappa shape index (κ2) is 7.38. The second-order valence-electron chi connectivity index (χ2n) is 4.46. The Hall–Kier alpha value is -0.200. The van der Waals surface area contributed by atoms with E-state index in [0.717, 1.165) is 0 Å². The van der Waals surface area contributed by atoms with Crippen molar-refractivity contribution in [3.8, 4) is 0 Å². The fraction of sp³-hybridized carbons (Fsp3) is 0.700. The molecular formula is C10H15N2NaO7S. The Bertz CT molecular complexity index is 523. The van der Waals surface area contributed by atoms with Crippen molar-refractivity contribution in [2.75, 3.05) is 34.0 Å². The first kappa shape index (κ1) is 18.8. The maximum absolute atomic E-state index is 12.1. The van der Waals surface area contributed by atoms with E-state index >= 15 is 0 Å². The third kappa shape index (κ3) is 4.17. The summed E-state index contributed by atoms with van der Waals surface area (Å²) < 4.78 is 46.5. The van der Waals surface area contributed by atoms with Gasteiger partial charge in [0, 0.05) is 14.2 Å². The van der Waals surface area contributed by atoms with Crippen LogP contribution in [0.3, 0.4) is 0 Å². The van der Waals surface area contributed by atoms with Gasteiger partial charge in [-0.3, -0.25) is 0 Å². The summed E-state index contributed by atoms with van der Waals surface area (Å²) in [7, 11) is -2.05. The van der Waals surface area contributed by atoms with Gasteiger partial charge < -0.3 is 18.9 Å². The predicted octanol–water partition coefficient (Wildman–Crippen LogP) is -3.91. The van der Waals surface area contributed by atoms with Gasteiger partial charge in [0.15, 0.2) is 0 Å². The van der Waals surface area contributed by atoms with E-state index in [1.165, 1.54) is 19.1 Å². The number of nitrogens with zero attached hydrogens (tertiary/aromatic N) is 2. The first-order chi connectivity index (χ1) is 9.37. The van der Waals surface area contributed by atoms with Crippen molar-refractivity contribution in [3.63, 3.8) is 0 Å². The van der Waals surface area contributed by atoms with Crippen LogP contribution in [0.5, 0.6) is 0 Å². The topological polar surface area (TPSA) is 108 Å². The molecule has 114 valence electrons. The molecule has 1 saturated heterocycles. The Morgan fingerprint density at radius 2 is 2.05 bits per heavy atom. The average molecular weight is 330 g/mol. The number of fused-ring (bicyclic) bond motifs is 2. The minimum absolute atomic E-state index is 0. The number of ether oxygens (including phenoxy) is 2. The van der Waals surface area contributed by atoms with Crippen LogP contribution in [-0.4, -0.2) is 75.0 Å². The van der Waals surface area contributed by atoms with Crippen LogP contribution in [0, 0.1) is 0 Å². The summed E-state index contributed by atoms with van der Waals surface area (Å²) in [5.74, 6) is 0. The maximum Gasteiger partial charge on any atom is 1.00 e. The quantitative estimate of drug-likeness (QED) is 0.212. The number of carbonyl (C=O) groups is 1. The SMILES string of the molecule is COCC1=C[C@@H](COC)N2C[C@H]1N(OS(=O)(=O)[O-])C2=O.[Na+]. The summed E-state index contributed by atoms with van der Waals surface area (Å²) in [5, 5.41) is 0.586. The molecule has 11 heteroatoms. The van der Waals surface area contributed by atoms with E-state index in [2.05, 4.69) is 4.28 Å². The zero-order valence-electron chi connectivity index (χ0n) is 12.0. The molecule has 0 radical (unpaired) electrons. The molecule has 0 aromatic rings. The number of carbonyl (C=O) groups excluding carboxylic acids is 1. The molecule has 1 fully saturated rings. The molecule has 0 saturated carbocycles. The summed E-state index contributed by atoms with van der Waals surface area (Å²) >= 11 is 0. The van der Waals surface area contributed by atoms with Gasteiger partial charge in [-0.25, -0.2) is 13.2 Å². The molecule has 0 spiro atoms. The van der Waals surface area contributed by atoms with Crippen molar-refractivity contribution >= 4 is 16.4 Å². The molecule has 2 atom stereocenters. The van der Waals surface area contributed by atoms with E-state index in [9.17, 15) is 17.8 Å². The average Bonchev–Trinajstić information content (AvgIpc) is 2.60. The van der Waals surface area contributed by atoms with Gasteiger partial charge in [-0.15, -0.1) is 0 Å². The number of hydroxylamine groups is 2. The molecule has 2 rings (SSSR count). The molecular weight excluding hydrogens is 315 g/mol. The van der Waals surface area contributed by atoms with E-state index in [4.69, 9.17) is 9.47 Å². The van der Waals surface area contributed by atoms with E-state index in [0.29, 0.717) is 10.6 Å². The molecule has 0 aromatic heterocycles. The first-order valence-electron chi connectivity index (χ1n) is 5.81. The molecule has 0 aromatic carbocycles. The number of hydrogen-bond acceptors (Lipinski definition) is 7. The molecule has 2 amide bonds. The number of urea groups is 1. The van der Waals surface area contributed by atoms with Crippen LogP contribution < -0.4 is 29.6 Å². The van der Waals surface area contributed by atoms with Crippen LogP contribution in [-0.2, 0) is 24.2 Å². The smallest absolute Gasteiger partial charge is 0.724 e. The van der Waals surface area contributed by atoms with Crippen molar-refractivity contribution in [3.05, 3.63) is 11.6 Å². The number of amides is 2. The second-order valence-corrected chi connectivity index (χ2v) is 5.42. The van der Waals surface area contributed by atoms with Crippen molar-refractivity contribution in [1.82, 2.24) is 9.96 Å². The van der Waals surface area contributed by atoms with Crippen LogP contribution in [0.1, 0.15) is 0 Å². The van der Waals surface area contributed by atoms with Crippen LogP contribution in [0.15, 0.2) is 11.6 Å². The fourth-order valence-electron chi connectivity index (χ4n) is 2.39. The normalized spacial score (nSPS) is 24.9. The van der Waals surface area contributed by atoms with Crippen LogP contribution in [0.4, 0.5) is 4.79 Å². The van der Waals surface area contributed by atoms with Crippen LogP contribution in [0.2, 0.25) is 0 Å². The Morgan fingerprint density at radius 3 is 2.57 bits per heavy atom. The van der Waals surface area contributed by atoms with Crippen molar-refractivity contribution in [1.29, 1.82) is 0 Å². The largest absolute Gasteiger partial charge is 1.00 e. The molecule has 0 aliphatic carbocycles. The number of rotatable bonds is 6. The predicted molar refractivity (Wildman–Crippen MR) is 64.1 cm³/mol. The van der Waals surface area contributed by atoms with Gasteiger partial charge in [-0.1, -0.05) is 6.08 Å². The van der Waals surface area contributed by atoms with Gasteiger partial charge in [0.25, 0.3) is 0 Å². The molecule has 2 heterocycles. The van der Waals surface area contributed by atoms with Gasteiger partial charge in [-0.05, 0) is 5.57 Å². The van der Waals surface area contributed by atoms with Gasteiger partial charge in [0.05, 0.1) is 25.8 Å². The Balaban J connectivity index is 0.00000220. The van der Waals surface area contributed by atoms with E-state index in [1.54, 1.807) is 6.08 Å². The molecule has 0 N–H and O–H groups in total. The summed E-state index contributed by atoms with van der Waals surface area (Å²) in [5.41, 5.74) is 0.667. The van der Waals surface area contributed by atoms with E-state index in [1.807, 2.05) is 0 Å². The van der Waals surface area contributed by atoms with Gasteiger partial charge >= 0.3 is 35.6 Å². The Labute approximate surface area is 145 Å². The fourth-order valence-corrected chi connectivity index (χ4v) is 2.76. The monoisotopic (exact) mass is 330 g/mol. The van der Waals surface area contributed by atoms with Gasteiger partial charge in [0.2, 0.25) is 10.4 Å². The molecule has 9 nitrogen and oxygen atoms in total. The van der Waals surface area contributed by atoms with Crippen LogP contribution >= 0.6 is 0 Å². The van der Waals surface area contributed by atoms with Crippen molar-refractivity contribution < 1.29 is 61.1 Å².